The van der Waals surface area contributed by atoms with Gasteiger partial charge in [-0.25, -0.2) is 31.8 Å². The third kappa shape index (κ3) is 14.3. The number of nitriles is 1. The van der Waals surface area contributed by atoms with E-state index >= 15 is 4.39 Å². The van der Waals surface area contributed by atoms with Gasteiger partial charge >= 0.3 is 22.5 Å². The molecule has 4 rings (SSSR count). The first-order valence-electron chi connectivity index (χ1n) is 17.3. The number of esters is 1. The van der Waals surface area contributed by atoms with Crippen LogP contribution in [0.1, 0.15) is 43.4 Å². The van der Waals surface area contributed by atoms with Crippen LogP contribution in [0.25, 0.3) is 6.08 Å². The molecule has 0 saturated carbocycles. The zero-order chi connectivity index (χ0) is 42.3. The molecular formula is C36H38F3N5O12S2. The van der Waals surface area contributed by atoms with E-state index in [0.29, 0.717) is 6.07 Å². The van der Waals surface area contributed by atoms with E-state index < -0.39 is 94.0 Å². The van der Waals surface area contributed by atoms with Crippen molar-refractivity contribution in [2.45, 2.75) is 61.9 Å². The lowest BCUT2D eigenvalue weighted by atomic mass is 9.89. The molecule has 2 heterocycles. The molecule has 3 aromatic rings. The number of aromatic nitrogens is 3. The fourth-order valence-corrected chi connectivity index (χ4v) is 7.00. The maximum Gasteiger partial charge on any atom is 0.512 e. The van der Waals surface area contributed by atoms with E-state index in [4.69, 9.17) is 33.5 Å². The van der Waals surface area contributed by atoms with Crippen LogP contribution >= 0.6 is 11.8 Å². The van der Waals surface area contributed by atoms with Crippen molar-refractivity contribution in [1.82, 2.24) is 20.1 Å². The fraction of sp³-hybridized carbons (Fsp3) is 0.389. The molecule has 1 aliphatic rings. The molecule has 0 radical (unpaired) electrons. The summed E-state index contributed by atoms with van der Waals surface area (Å²) in [7, 11) is -4.69. The van der Waals surface area contributed by atoms with Gasteiger partial charge in [-0.05, 0) is 37.3 Å². The Hall–Kier alpha value is -5.31. The van der Waals surface area contributed by atoms with Gasteiger partial charge in [-0.15, -0.1) is 11.8 Å². The number of allylic oxidation sites excluding steroid dienone is 2. The van der Waals surface area contributed by atoms with Crippen LogP contribution in [0.3, 0.4) is 0 Å². The summed E-state index contributed by atoms with van der Waals surface area (Å²) in [5.41, 5.74) is -1.75. The Kier molecular flexibility index (Phi) is 16.8. The summed E-state index contributed by atoms with van der Waals surface area (Å²) in [5.74, 6) is -4.15. The first-order valence-corrected chi connectivity index (χ1v) is 19.6. The van der Waals surface area contributed by atoms with Gasteiger partial charge in [-0.2, -0.15) is 18.8 Å². The van der Waals surface area contributed by atoms with Crippen LogP contribution in [0.5, 0.6) is 0 Å². The molecule has 1 amide bonds. The van der Waals surface area contributed by atoms with Gasteiger partial charge in [-0.3, -0.25) is 14.1 Å². The summed E-state index contributed by atoms with van der Waals surface area (Å²) >= 11 is 1.20. The third-order valence-electron chi connectivity index (χ3n) is 8.02. The predicted molar refractivity (Wildman–Crippen MR) is 197 cm³/mol. The second kappa shape index (κ2) is 21.4. The molecule has 0 spiro atoms. The SMILES string of the molecule is CC(OC(=O)CCC(=O)NCCOS(=O)(=O)O)OC(=O)O[C@@](Cn1cncn1)(c1ccc(F)cc1F)[C@@H](C)SC1COC(/C=C/C=C/c2ccc(C#N)cc2F)OC1. The van der Waals surface area contributed by atoms with E-state index in [9.17, 15) is 31.6 Å². The van der Waals surface area contributed by atoms with Gasteiger partial charge < -0.3 is 29.0 Å². The topological polar surface area (TPSA) is 227 Å². The number of ether oxygens (including phenoxy) is 5. The summed E-state index contributed by atoms with van der Waals surface area (Å²) in [5, 5.41) is 14.0. The monoisotopic (exact) mass is 853 g/mol. The van der Waals surface area contributed by atoms with Gasteiger partial charge in [-0.1, -0.05) is 24.3 Å². The Morgan fingerprint density at radius 2 is 1.86 bits per heavy atom. The van der Waals surface area contributed by atoms with E-state index in [-0.39, 0.29) is 43.0 Å². The van der Waals surface area contributed by atoms with Crippen LogP contribution in [-0.4, -0.2) is 95.2 Å². The minimum absolute atomic E-state index is 0.122. The number of halogens is 3. The quantitative estimate of drug-likeness (QED) is 0.0562. The number of rotatable bonds is 19. The lowest BCUT2D eigenvalue weighted by Gasteiger charge is -2.40. The van der Waals surface area contributed by atoms with Gasteiger partial charge in [0, 0.05) is 42.3 Å². The summed E-state index contributed by atoms with van der Waals surface area (Å²) in [4.78, 5) is 41.6. The van der Waals surface area contributed by atoms with Crippen molar-refractivity contribution in [1.29, 1.82) is 5.26 Å². The highest BCUT2D eigenvalue weighted by molar-refractivity contribution is 8.00. The third-order valence-corrected chi connectivity index (χ3v) is 9.93. The molecule has 17 nitrogen and oxygen atoms in total. The molecule has 1 unspecified atom stereocenters. The Morgan fingerprint density at radius 1 is 1.10 bits per heavy atom. The number of hydrogen-bond donors (Lipinski definition) is 2. The van der Waals surface area contributed by atoms with Crippen LogP contribution in [0.4, 0.5) is 18.0 Å². The second-order valence-electron chi connectivity index (χ2n) is 12.3. The smallest absolute Gasteiger partial charge is 0.425 e. The molecule has 0 bridgehead atoms. The lowest BCUT2D eigenvalue weighted by Crippen LogP contribution is -2.47. The van der Waals surface area contributed by atoms with Crippen LogP contribution in [0, 0.1) is 28.8 Å². The molecule has 1 aromatic heterocycles. The molecule has 2 N–H and O–H groups in total. The minimum atomic E-state index is -4.69. The molecule has 1 aliphatic heterocycles. The highest BCUT2D eigenvalue weighted by Crippen LogP contribution is 2.42. The Morgan fingerprint density at radius 3 is 2.52 bits per heavy atom. The molecule has 1 saturated heterocycles. The normalized spacial score (nSPS) is 17.9. The van der Waals surface area contributed by atoms with E-state index in [1.54, 1.807) is 25.2 Å². The minimum Gasteiger partial charge on any atom is -0.425 e. The summed E-state index contributed by atoms with van der Waals surface area (Å²) in [6, 6.07) is 8.68. The molecule has 22 heteroatoms. The zero-order valence-electron chi connectivity index (χ0n) is 30.9. The van der Waals surface area contributed by atoms with Crippen molar-refractivity contribution in [3.05, 3.63) is 101 Å². The molecule has 1 fully saturated rings. The van der Waals surface area contributed by atoms with Crippen molar-refractivity contribution in [2.75, 3.05) is 26.4 Å². The predicted octanol–water partition coefficient (Wildman–Crippen LogP) is 4.35. The Balaban J connectivity index is 1.41. The molecule has 312 valence electrons. The van der Waals surface area contributed by atoms with Gasteiger partial charge in [0.1, 0.15) is 30.1 Å². The average molecular weight is 854 g/mol. The molecular weight excluding hydrogens is 816 g/mol. The van der Waals surface area contributed by atoms with E-state index in [1.165, 1.54) is 54.2 Å². The van der Waals surface area contributed by atoms with Crippen molar-refractivity contribution in [3.63, 3.8) is 0 Å². The van der Waals surface area contributed by atoms with Gasteiger partial charge in [0.05, 0.1) is 49.7 Å². The number of carbonyl (C=O) groups is 3. The first-order chi connectivity index (χ1) is 27.6. The highest BCUT2D eigenvalue weighted by atomic mass is 32.3. The molecule has 58 heavy (non-hydrogen) atoms. The van der Waals surface area contributed by atoms with Gasteiger partial charge in [0.2, 0.25) is 12.2 Å². The van der Waals surface area contributed by atoms with E-state index in [1.807, 2.05) is 6.07 Å². The summed E-state index contributed by atoms with van der Waals surface area (Å²) in [6.07, 6.45) is 4.15. The van der Waals surface area contributed by atoms with Crippen LogP contribution in [0.15, 0.2) is 67.3 Å². The maximum absolute atomic E-state index is 15.7. The van der Waals surface area contributed by atoms with Gasteiger partial charge in [0.15, 0.2) is 11.9 Å². The first kappa shape index (κ1) is 45.4. The summed E-state index contributed by atoms with van der Waals surface area (Å²) in [6.45, 7) is 1.87. The molecule has 0 aliphatic carbocycles. The van der Waals surface area contributed by atoms with Crippen LogP contribution < -0.4 is 5.32 Å². The van der Waals surface area contributed by atoms with Crippen molar-refractivity contribution in [2.24, 2.45) is 0 Å². The standard InChI is InChI=1S/C36H38F3N5O12S2/c1-23(57-28-18-51-34(52-19-28)6-4-3-5-26-8-7-25(17-40)15-30(26)38)36(20-44-22-41-21-43-44,29-10-9-27(37)16-31(29)39)56-35(47)55-24(2)54-33(46)12-11-32(45)42-13-14-53-58(48,49)50/h3-10,15-16,21-24,28,34H,11-14,18-20H2,1-2H3,(H,42,45)(H,48,49,50)/b5-3+,6-4+/t23-,24?,28?,34?,36-/m1/s1. The number of carbonyl (C=O) groups excluding carboxylic acids is 3. The van der Waals surface area contributed by atoms with Crippen molar-refractivity contribution < 1.29 is 68.4 Å². The van der Waals surface area contributed by atoms with Crippen molar-refractivity contribution >= 4 is 46.3 Å². The fourth-order valence-electron chi connectivity index (χ4n) is 5.34. The Labute approximate surface area is 335 Å². The zero-order valence-corrected chi connectivity index (χ0v) is 32.5. The molecule has 3 atom stereocenters. The Bertz CT molecular complexity index is 2090. The lowest BCUT2D eigenvalue weighted by molar-refractivity contribution is -0.172. The summed E-state index contributed by atoms with van der Waals surface area (Å²) < 4.78 is 107. The number of nitrogens with zero attached hydrogens (tertiary/aromatic N) is 4. The number of amides is 1. The second-order valence-corrected chi connectivity index (χ2v) is 15.0. The largest absolute Gasteiger partial charge is 0.512 e. The number of benzene rings is 2. The van der Waals surface area contributed by atoms with E-state index in [0.717, 1.165) is 18.2 Å². The van der Waals surface area contributed by atoms with Crippen LogP contribution in [0.2, 0.25) is 0 Å². The average Bonchev–Trinajstić information content (AvgIpc) is 3.67. The highest BCUT2D eigenvalue weighted by Gasteiger charge is 2.47. The molecule has 2 aromatic carbocycles. The van der Waals surface area contributed by atoms with Gasteiger partial charge in [0.25, 0.3) is 0 Å². The van der Waals surface area contributed by atoms with Crippen molar-refractivity contribution in [3.8, 4) is 6.07 Å². The number of thioether (sulfide) groups is 1. The van der Waals surface area contributed by atoms with Crippen LogP contribution in [-0.2, 0) is 60.0 Å². The number of nitrogens with one attached hydrogen (secondary N) is 1. The van der Waals surface area contributed by atoms with E-state index in [2.05, 4.69) is 19.6 Å². The number of hydrogen-bond acceptors (Lipinski definition) is 15. The maximum atomic E-state index is 15.7.